The zero-order chi connectivity index (χ0) is 13.4. The molecule has 0 unspecified atom stereocenters. The van der Waals surface area contributed by atoms with Crippen molar-refractivity contribution in [3.8, 4) is 17.1 Å². The molecule has 0 saturated heterocycles. The van der Waals surface area contributed by atoms with Gasteiger partial charge < -0.3 is 15.0 Å². The van der Waals surface area contributed by atoms with Crippen molar-refractivity contribution in [1.82, 2.24) is 5.16 Å². The third kappa shape index (κ3) is 1.88. The Morgan fingerprint density at radius 1 is 1.22 bits per heavy atom. The second-order valence-corrected chi connectivity index (χ2v) is 5.01. The predicted molar refractivity (Wildman–Crippen MR) is 74.8 cm³/mol. The highest BCUT2D eigenvalue weighted by Crippen LogP contribution is 2.41. The molecule has 2 N–H and O–H groups in total. The van der Waals surface area contributed by atoms with E-state index in [4.69, 9.17) is 15.0 Å². The Kier molecular flexibility index (Phi) is 3.34. The molecule has 0 radical (unpaired) electrons. The van der Waals surface area contributed by atoms with Gasteiger partial charge in [0.1, 0.15) is 5.75 Å². The average molecular weight is 311 g/mol. The number of anilines is 1. The minimum atomic E-state index is 0.383. The molecule has 0 atom stereocenters. The van der Waals surface area contributed by atoms with E-state index in [-0.39, 0.29) is 0 Å². The Hall–Kier alpha value is -1.49. The van der Waals surface area contributed by atoms with Crippen molar-refractivity contribution in [3.63, 3.8) is 0 Å². The number of methoxy groups -OCH3 is 1. The molecule has 0 amide bonds. The topological polar surface area (TPSA) is 61.3 Å². The molecule has 0 saturated carbocycles. The third-order valence-electron chi connectivity index (χ3n) is 3.16. The number of hydrogen-bond acceptors (Lipinski definition) is 4. The van der Waals surface area contributed by atoms with Crippen molar-refractivity contribution in [2.45, 2.75) is 20.8 Å². The lowest BCUT2D eigenvalue weighted by molar-refractivity contribution is 0.407. The normalized spacial score (nSPS) is 10.7. The second kappa shape index (κ2) is 4.65. The molecule has 5 heteroatoms. The molecular formula is C13H15BrN2O2. The van der Waals surface area contributed by atoms with Gasteiger partial charge in [-0.15, -0.1) is 0 Å². The maximum atomic E-state index is 5.61. The summed E-state index contributed by atoms with van der Waals surface area (Å²) < 4.78 is 11.6. The molecule has 1 heterocycles. The van der Waals surface area contributed by atoms with Crippen molar-refractivity contribution in [3.05, 3.63) is 27.2 Å². The summed E-state index contributed by atoms with van der Waals surface area (Å²) in [5, 5.41) is 3.73. The first-order chi connectivity index (χ1) is 8.47. The summed E-state index contributed by atoms with van der Waals surface area (Å²) in [7, 11) is 1.66. The van der Waals surface area contributed by atoms with E-state index in [0.29, 0.717) is 11.6 Å². The quantitative estimate of drug-likeness (QED) is 0.920. The van der Waals surface area contributed by atoms with Crippen LogP contribution in [0.25, 0.3) is 11.3 Å². The first-order valence-electron chi connectivity index (χ1n) is 5.53. The lowest BCUT2D eigenvalue weighted by Crippen LogP contribution is -1.98. The van der Waals surface area contributed by atoms with Gasteiger partial charge in [-0.25, -0.2) is 0 Å². The zero-order valence-electron chi connectivity index (χ0n) is 10.8. The number of nitrogens with two attached hydrogens (primary N) is 1. The number of aromatic nitrogens is 1. The number of ether oxygens (including phenoxy) is 1. The number of nitrogen functional groups attached to an aromatic ring is 1. The minimum absolute atomic E-state index is 0.383. The van der Waals surface area contributed by atoms with Crippen LogP contribution >= 0.6 is 15.9 Å². The summed E-state index contributed by atoms with van der Waals surface area (Å²) in [6, 6.07) is 1.73. The Morgan fingerprint density at radius 3 is 2.39 bits per heavy atom. The zero-order valence-corrected chi connectivity index (χ0v) is 12.4. The number of rotatable bonds is 2. The monoisotopic (exact) mass is 310 g/mol. The van der Waals surface area contributed by atoms with E-state index in [1.165, 1.54) is 0 Å². The lowest BCUT2D eigenvalue weighted by Gasteiger charge is -2.16. The van der Waals surface area contributed by atoms with Crippen molar-refractivity contribution in [2.75, 3.05) is 12.8 Å². The number of benzene rings is 1. The molecule has 0 fully saturated rings. The molecule has 0 aliphatic heterocycles. The van der Waals surface area contributed by atoms with Crippen LogP contribution in [0.4, 0.5) is 5.82 Å². The van der Waals surface area contributed by atoms with E-state index in [2.05, 4.69) is 21.1 Å². The summed E-state index contributed by atoms with van der Waals surface area (Å²) >= 11 is 3.56. The van der Waals surface area contributed by atoms with Crippen LogP contribution in [0.5, 0.6) is 5.75 Å². The molecule has 2 rings (SSSR count). The fraction of sp³-hybridized carbons (Fsp3) is 0.308. The molecular weight excluding hydrogens is 296 g/mol. The molecule has 18 heavy (non-hydrogen) atoms. The van der Waals surface area contributed by atoms with Crippen molar-refractivity contribution >= 4 is 21.7 Å². The summed E-state index contributed by atoms with van der Waals surface area (Å²) in [6.07, 6.45) is 0. The first kappa shape index (κ1) is 13.0. The Balaban J connectivity index is 2.76. The van der Waals surface area contributed by atoms with Crippen LogP contribution in [0.3, 0.4) is 0 Å². The van der Waals surface area contributed by atoms with Gasteiger partial charge in [0.05, 0.1) is 11.6 Å². The minimum Gasteiger partial charge on any atom is -0.495 e. The smallest absolute Gasteiger partial charge is 0.169 e. The lowest BCUT2D eigenvalue weighted by atomic mass is 9.95. The van der Waals surface area contributed by atoms with Gasteiger partial charge in [-0.1, -0.05) is 5.16 Å². The Bertz CT molecular complexity index is 576. The number of halogens is 1. The van der Waals surface area contributed by atoms with Gasteiger partial charge >= 0.3 is 0 Å². The highest BCUT2D eigenvalue weighted by Gasteiger charge is 2.19. The first-order valence-corrected chi connectivity index (χ1v) is 6.32. The van der Waals surface area contributed by atoms with Gasteiger partial charge in [-0.3, -0.25) is 0 Å². The van der Waals surface area contributed by atoms with Gasteiger partial charge in [0.25, 0.3) is 0 Å². The van der Waals surface area contributed by atoms with E-state index in [9.17, 15) is 0 Å². The van der Waals surface area contributed by atoms with Crippen LogP contribution in [0.15, 0.2) is 15.1 Å². The van der Waals surface area contributed by atoms with Gasteiger partial charge in [0.15, 0.2) is 11.6 Å². The molecule has 0 spiro atoms. The van der Waals surface area contributed by atoms with Crippen LogP contribution < -0.4 is 10.5 Å². The maximum absolute atomic E-state index is 5.61. The van der Waals surface area contributed by atoms with E-state index in [1.807, 2.05) is 20.8 Å². The van der Waals surface area contributed by atoms with Gasteiger partial charge in [0, 0.05) is 11.6 Å². The molecule has 0 bridgehead atoms. The Morgan fingerprint density at radius 2 is 1.89 bits per heavy atom. The molecule has 0 aliphatic rings. The van der Waals surface area contributed by atoms with Crippen LogP contribution in [0, 0.1) is 20.8 Å². The highest BCUT2D eigenvalue weighted by atomic mass is 79.9. The van der Waals surface area contributed by atoms with E-state index in [0.717, 1.165) is 32.5 Å². The summed E-state index contributed by atoms with van der Waals surface area (Å²) in [5.74, 6) is 1.91. The van der Waals surface area contributed by atoms with Crippen LogP contribution in [-0.4, -0.2) is 12.3 Å². The Labute approximate surface area is 114 Å². The van der Waals surface area contributed by atoms with Gasteiger partial charge in [0.2, 0.25) is 0 Å². The van der Waals surface area contributed by atoms with Crippen LogP contribution in [0.1, 0.15) is 16.7 Å². The van der Waals surface area contributed by atoms with Crippen LogP contribution in [0.2, 0.25) is 0 Å². The second-order valence-electron chi connectivity index (χ2n) is 4.21. The standard InChI is InChI=1S/C13H15BrN2O2/c1-6-7(2)13(17-4)12(14)8(3)11(6)9-5-10(15)16-18-9/h5H,1-4H3,(H2,15,16). The molecule has 96 valence electrons. The van der Waals surface area contributed by atoms with E-state index < -0.39 is 0 Å². The molecule has 1 aromatic carbocycles. The molecule has 4 nitrogen and oxygen atoms in total. The summed E-state index contributed by atoms with van der Waals surface area (Å²) in [6.45, 7) is 6.06. The molecule has 0 aliphatic carbocycles. The van der Waals surface area contributed by atoms with Crippen LogP contribution in [-0.2, 0) is 0 Å². The number of nitrogens with zero attached hydrogens (tertiary/aromatic N) is 1. The third-order valence-corrected chi connectivity index (χ3v) is 4.12. The SMILES string of the molecule is COc1c(C)c(C)c(-c2cc(N)no2)c(C)c1Br. The maximum Gasteiger partial charge on any atom is 0.169 e. The summed E-state index contributed by atoms with van der Waals surface area (Å²) in [5.41, 5.74) is 9.83. The average Bonchev–Trinajstić information content (AvgIpc) is 2.74. The van der Waals surface area contributed by atoms with E-state index in [1.54, 1.807) is 13.2 Å². The fourth-order valence-electron chi connectivity index (χ4n) is 2.10. The summed E-state index contributed by atoms with van der Waals surface area (Å²) in [4.78, 5) is 0. The van der Waals surface area contributed by atoms with E-state index >= 15 is 0 Å². The molecule has 2 aromatic rings. The number of hydrogen-bond donors (Lipinski definition) is 1. The predicted octanol–water partition coefficient (Wildman–Crippen LogP) is 3.62. The van der Waals surface area contributed by atoms with Crippen molar-refractivity contribution < 1.29 is 9.26 Å². The highest BCUT2D eigenvalue weighted by molar-refractivity contribution is 9.10. The van der Waals surface area contributed by atoms with Gasteiger partial charge in [-0.2, -0.15) is 0 Å². The largest absolute Gasteiger partial charge is 0.495 e. The van der Waals surface area contributed by atoms with Crippen molar-refractivity contribution in [1.29, 1.82) is 0 Å². The fourth-order valence-corrected chi connectivity index (χ4v) is 2.76. The molecule has 1 aromatic heterocycles. The van der Waals surface area contributed by atoms with Crippen molar-refractivity contribution in [2.24, 2.45) is 0 Å². The van der Waals surface area contributed by atoms with Gasteiger partial charge in [-0.05, 0) is 53.4 Å².